The highest BCUT2D eigenvalue weighted by Crippen LogP contribution is 2.27. The maximum atomic E-state index is 12.1. The molecule has 0 aromatic heterocycles. The molecule has 1 N–H and O–H groups in total. The highest BCUT2D eigenvalue weighted by atomic mass is 35.5. The minimum atomic E-state index is -0.137. The molecule has 2 aromatic carbocycles. The second-order valence-corrected chi connectivity index (χ2v) is 4.86. The zero-order valence-electron chi connectivity index (χ0n) is 12.3. The van der Waals surface area contributed by atoms with Gasteiger partial charge in [-0.1, -0.05) is 11.6 Å². The summed E-state index contributed by atoms with van der Waals surface area (Å²) in [4.78, 5) is 12.1. The molecular formula is C17H16ClNO3. The normalized spacial score (nSPS) is 10.5. The highest BCUT2D eigenvalue weighted by molar-refractivity contribution is 6.30. The second kappa shape index (κ2) is 7.52. The van der Waals surface area contributed by atoms with Crippen molar-refractivity contribution in [2.75, 3.05) is 19.5 Å². The molecule has 2 rings (SSSR count). The van der Waals surface area contributed by atoms with Crippen molar-refractivity contribution in [2.24, 2.45) is 0 Å². The summed E-state index contributed by atoms with van der Waals surface area (Å²) < 4.78 is 10.3. The Hall–Kier alpha value is -2.46. The Morgan fingerprint density at radius 2 is 1.73 bits per heavy atom. The number of allylic oxidation sites excluding steroid dienone is 1. The number of methoxy groups -OCH3 is 2. The standard InChI is InChI=1S/C17H16ClNO3/c1-21-16-8-3-12(11-17(16)22-2)15(20)9-10-19-14-6-4-13(18)5-7-14/h3-11,19H,1-2H3. The lowest BCUT2D eigenvalue weighted by Gasteiger charge is -2.08. The molecule has 114 valence electrons. The van der Waals surface area contributed by atoms with Gasteiger partial charge in [0, 0.05) is 28.5 Å². The van der Waals surface area contributed by atoms with Gasteiger partial charge < -0.3 is 14.8 Å². The van der Waals surface area contributed by atoms with Gasteiger partial charge in [0.2, 0.25) is 0 Å². The van der Waals surface area contributed by atoms with Crippen molar-refractivity contribution in [3.63, 3.8) is 0 Å². The molecule has 0 saturated heterocycles. The van der Waals surface area contributed by atoms with E-state index in [4.69, 9.17) is 21.1 Å². The van der Waals surface area contributed by atoms with Crippen molar-refractivity contribution in [2.45, 2.75) is 0 Å². The molecule has 0 saturated carbocycles. The molecular weight excluding hydrogens is 302 g/mol. The largest absolute Gasteiger partial charge is 0.493 e. The fourth-order valence-corrected chi connectivity index (χ4v) is 1.97. The van der Waals surface area contributed by atoms with Gasteiger partial charge in [-0.25, -0.2) is 0 Å². The van der Waals surface area contributed by atoms with Gasteiger partial charge in [0.05, 0.1) is 14.2 Å². The first-order chi connectivity index (χ1) is 10.6. The monoisotopic (exact) mass is 317 g/mol. The van der Waals surface area contributed by atoms with Crippen molar-refractivity contribution in [1.82, 2.24) is 0 Å². The van der Waals surface area contributed by atoms with Gasteiger partial charge >= 0.3 is 0 Å². The first-order valence-electron chi connectivity index (χ1n) is 6.59. The number of carbonyl (C=O) groups is 1. The molecule has 4 nitrogen and oxygen atoms in total. The van der Waals surface area contributed by atoms with Crippen LogP contribution in [-0.4, -0.2) is 20.0 Å². The third kappa shape index (κ3) is 4.02. The third-order valence-corrected chi connectivity index (χ3v) is 3.25. The van der Waals surface area contributed by atoms with E-state index in [-0.39, 0.29) is 5.78 Å². The molecule has 0 aliphatic carbocycles. The third-order valence-electron chi connectivity index (χ3n) is 3.00. The van der Waals surface area contributed by atoms with Gasteiger partial charge in [0.25, 0.3) is 0 Å². The van der Waals surface area contributed by atoms with Crippen LogP contribution in [0.1, 0.15) is 10.4 Å². The maximum Gasteiger partial charge on any atom is 0.187 e. The Balaban J connectivity index is 2.05. The summed E-state index contributed by atoms with van der Waals surface area (Å²) in [5.41, 5.74) is 1.37. The molecule has 0 aliphatic rings. The van der Waals surface area contributed by atoms with E-state index in [0.717, 1.165) is 5.69 Å². The molecule has 2 aromatic rings. The number of hydrogen-bond donors (Lipinski definition) is 1. The van der Waals surface area contributed by atoms with Gasteiger partial charge in [-0.15, -0.1) is 0 Å². The number of carbonyl (C=O) groups excluding carboxylic acids is 1. The molecule has 0 bridgehead atoms. The summed E-state index contributed by atoms with van der Waals surface area (Å²) in [6.45, 7) is 0. The van der Waals surface area contributed by atoms with Gasteiger partial charge in [-0.2, -0.15) is 0 Å². The van der Waals surface area contributed by atoms with Gasteiger partial charge in [-0.3, -0.25) is 4.79 Å². The van der Waals surface area contributed by atoms with Crippen LogP contribution in [0.3, 0.4) is 0 Å². The Bertz CT molecular complexity index is 681. The van der Waals surface area contributed by atoms with Crippen molar-refractivity contribution in [3.8, 4) is 11.5 Å². The summed E-state index contributed by atoms with van der Waals surface area (Å²) in [7, 11) is 3.08. The lowest BCUT2D eigenvalue weighted by molar-refractivity contribution is 0.104. The van der Waals surface area contributed by atoms with Crippen molar-refractivity contribution >= 4 is 23.1 Å². The van der Waals surface area contributed by atoms with E-state index < -0.39 is 0 Å². The van der Waals surface area contributed by atoms with Crippen molar-refractivity contribution in [1.29, 1.82) is 0 Å². The molecule has 5 heteroatoms. The van der Waals surface area contributed by atoms with Crippen LogP contribution in [0.15, 0.2) is 54.7 Å². The predicted octanol–water partition coefficient (Wildman–Crippen LogP) is 4.17. The van der Waals surface area contributed by atoms with Gasteiger partial charge in [0.15, 0.2) is 17.3 Å². The molecule has 0 fully saturated rings. The number of rotatable bonds is 6. The molecule has 0 spiro atoms. The van der Waals surface area contributed by atoms with E-state index >= 15 is 0 Å². The van der Waals surface area contributed by atoms with E-state index in [9.17, 15) is 4.79 Å². The average molecular weight is 318 g/mol. The molecule has 0 radical (unpaired) electrons. The molecule has 22 heavy (non-hydrogen) atoms. The summed E-state index contributed by atoms with van der Waals surface area (Å²) in [6.07, 6.45) is 3.04. The quantitative estimate of drug-likeness (QED) is 0.642. The minimum Gasteiger partial charge on any atom is -0.493 e. The molecule has 0 aliphatic heterocycles. The highest BCUT2D eigenvalue weighted by Gasteiger charge is 2.08. The lowest BCUT2D eigenvalue weighted by atomic mass is 10.1. The van der Waals surface area contributed by atoms with E-state index in [2.05, 4.69) is 5.32 Å². The number of ketones is 1. The number of hydrogen-bond acceptors (Lipinski definition) is 4. The Kier molecular flexibility index (Phi) is 5.44. The number of benzene rings is 2. The van der Waals surface area contributed by atoms with Crippen LogP contribution in [0.5, 0.6) is 11.5 Å². The zero-order valence-corrected chi connectivity index (χ0v) is 13.1. The number of anilines is 1. The predicted molar refractivity (Wildman–Crippen MR) is 88.1 cm³/mol. The first kappa shape index (κ1) is 15.9. The fourth-order valence-electron chi connectivity index (χ4n) is 1.85. The Morgan fingerprint density at radius 1 is 1.05 bits per heavy atom. The average Bonchev–Trinajstić information content (AvgIpc) is 2.55. The van der Waals surface area contributed by atoms with Crippen LogP contribution in [0.2, 0.25) is 5.02 Å². The smallest absolute Gasteiger partial charge is 0.187 e. The van der Waals surface area contributed by atoms with Crippen LogP contribution in [0.25, 0.3) is 0 Å². The first-order valence-corrected chi connectivity index (χ1v) is 6.97. The number of halogens is 1. The second-order valence-electron chi connectivity index (χ2n) is 4.42. The molecule has 0 atom stereocenters. The van der Waals surface area contributed by atoms with E-state index in [1.807, 2.05) is 12.1 Å². The molecule has 0 unspecified atom stereocenters. The molecule has 0 amide bonds. The fraction of sp³-hybridized carbons (Fsp3) is 0.118. The summed E-state index contributed by atoms with van der Waals surface area (Å²) in [5, 5.41) is 3.67. The maximum absolute atomic E-state index is 12.1. The number of nitrogens with one attached hydrogen (secondary N) is 1. The van der Waals surface area contributed by atoms with Crippen LogP contribution in [0.4, 0.5) is 5.69 Å². The summed E-state index contributed by atoms with van der Waals surface area (Å²) in [5.74, 6) is 0.970. The Morgan fingerprint density at radius 3 is 2.36 bits per heavy atom. The van der Waals surface area contributed by atoms with Crippen LogP contribution in [-0.2, 0) is 0 Å². The van der Waals surface area contributed by atoms with Crippen LogP contribution < -0.4 is 14.8 Å². The van der Waals surface area contributed by atoms with Gasteiger partial charge in [0.1, 0.15) is 0 Å². The van der Waals surface area contributed by atoms with E-state index in [1.54, 1.807) is 43.6 Å². The van der Waals surface area contributed by atoms with Crippen LogP contribution >= 0.6 is 11.6 Å². The topological polar surface area (TPSA) is 47.6 Å². The summed E-state index contributed by atoms with van der Waals surface area (Å²) >= 11 is 5.81. The lowest BCUT2D eigenvalue weighted by Crippen LogP contribution is -1.98. The summed E-state index contributed by atoms with van der Waals surface area (Å²) in [6, 6.07) is 12.2. The molecule has 0 heterocycles. The van der Waals surface area contributed by atoms with E-state index in [1.165, 1.54) is 13.2 Å². The van der Waals surface area contributed by atoms with Crippen molar-refractivity contribution < 1.29 is 14.3 Å². The Labute approximate surface area is 134 Å². The number of ether oxygens (including phenoxy) is 2. The van der Waals surface area contributed by atoms with Crippen LogP contribution in [0, 0.1) is 0 Å². The van der Waals surface area contributed by atoms with Gasteiger partial charge in [-0.05, 0) is 42.5 Å². The zero-order chi connectivity index (χ0) is 15.9. The SMILES string of the molecule is COc1ccc(C(=O)C=CNc2ccc(Cl)cc2)cc1OC. The minimum absolute atomic E-state index is 0.137. The van der Waals surface area contributed by atoms with E-state index in [0.29, 0.717) is 22.1 Å². The van der Waals surface area contributed by atoms with Crippen molar-refractivity contribution in [3.05, 3.63) is 65.3 Å².